The molecule has 0 fully saturated rings. The summed E-state index contributed by atoms with van der Waals surface area (Å²) in [7, 11) is 1.91. The van der Waals surface area contributed by atoms with Crippen molar-refractivity contribution in [3.8, 4) is 11.4 Å². The predicted octanol–water partition coefficient (Wildman–Crippen LogP) is 5.16. The molecule has 0 aliphatic rings. The molecule has 0 saturated carbocycles. The summed E-state index contributed by atoms with van der Waals surface area (Å²) >= 11 is 0. The zero-order valence-electron chi connectivity index (χ0n) is 14.6. The Hall–Kier alpha value is -1.66. The zero-order valence-corrected chi connectivity index (χ0v) is 15.5. The number of hydrogen-bond acceptors (Lipinski definition) is 1. The van der Waals surface area contributed by atoms with E-state index in [2.05, 4.69) is 87.8 Å². The maximum atomic E-state index is 4.92. The molecule has 120 valence electrons. The van der Waals surface area contributed by atoms with Crippen molar-refractivity contribution in [3.63, 3.8) is 0 Å². The van der Waals surface area contributed by atoms with E-state index < -0.39 is 0 Å². The van der Waals surface area contributed by atoms with E-state index in [1.165, 1.54) is 16.4 Å². The van der Waals surface area contributed by atoms with Crippen molar-refractivity contribution in [1.82, 2.24) is 9.55 Å². The molecule has 3 aromatic rings. The van der Waals surface area contributed by atoms with Gasteiger partial charge in [-0.3, -0.25) is 0 Å². The van der Waals surface area contributed by atoms with Gasteiger partial charge in [-0.1, -0.05) is 72.0 Å². The summed E-state index contributed by atoms with van der Waals surface area (Å²) in [5.74, 6) is 1.08. The van der Waals surface area contributed by atoms with Crippen molar-refractivity contribution in [2.75, 3.05) is 0 Å². The van der Waals surface area contributed by atoms with Crippen LogP contribution in [0.5, 0.6) is 0 Å². The Balaban J connectivity index is 2.22. The van der Waals surface area contributed by atoms with E-state index in [1.54, 1.807) is 0 Å². The average Bonchev–Trinajstić information content (AvgIpc) is 2.85. The van der Waals surface area contributed by atoms with E-state index in [4.69, 9.17) is 4.98 Å². The molecule has 0 aliphatic heterocycles. The third-order valence-corrected chi connectivity index (χ3v) is 7.49. The normalized spacial score (nSPS) is 12.0. The van der Waals surface area contributed by atoms with Gasteiger partial charge in [0.2, 0.25) is 0 Å². The van der Waals surface area contributed by atoms with Crippen molar-refractivity contribution >= 4 is 24.3 Å². The predicted molar refractivity (Wildman–Crippen MR) is 103 cm³/mol. The average molecular weight is 324 g/mol. The van der Waals surface area contributed by atoms with Crippen LogP contribution in [0.2, 0.25) is 0 Å². The minimum Gasteiger partial charge on any atom is -0.327 e. The standard InChI is InChI=1S/C20H25N2P/c1-14(2)23(15(3)4)19-13-9-6-10-16(19)20-21-17-11-7-8-12-18(17)22(20)5/h6-15H,1-5H3. The molecule has 3 heteroatoms. The maximum absolute atomic E-state index is 4.92. The lowest BCUT2D eigenvalue weighted by Gasteiger charge is -2.28. The monoisotopic (exact) mass is 324 g/mol. The fraction of sp³-hybridized carbons (Fsp3) is 0.350. The van der Waals surface area contributed by atoms with E-state index in [0.717, 1.165) is 11.3 Å². The molecule has 2 nitrogen and oxygen atoms in total. The van der Waals surface area contributed by atoms with Gasteiger partial charge in [-0.25, -0.2) is 4.98 Å². The zero-order chi connectivity index (χ0) is 16.6. The van der Waals surface area contributed by atoms with Crippen LogP contribution in [0.1, 0.15) is 27.7 Å². The fourth-order valence-electron chi connectivity index (χ4n) is 3.43. The molecular weight excluding hydrogens is 299 g/mol. The number of aromatic nitrogens is 2. The first-order chi connectivity index (χ1) is 11.0. The Kier molecular flexibility index (Phi) is 4.55. The molecule has 0 spiro atoms. The summed E-state index contributed by atoms with van der Waals surface area (Å²) in [6, 6.07) is 17.2. The number of imidazole rings is 1. The summed E-state index contributed by atoms with van der Waals surface area (Å²) in [5, 5.41) is 1.48. The van der Waals surface area contributed by atoms with Gasteiger partial charge in [-0.2, -0.15) is 0 Å². The van der Waals surface area contributed by atoms with Crippen LogP contribution >= 0.6 is 7.92 Å². The molecule has 0 bridgehead atoms. The Bertz CT molecular complexity index is 809. The van der Waals surface area contributed by atoms with E-state index in [0.29, 0.717) is 11.3 Å². The molecule has 0 N–H and O–H groups in total. The molecule has 0 atom stereocenters. The van der Waals surface area contributed by atoms with Gasteiger partial charge in [-0.05, 0) is 28.8 Å². The van der Waals surface area contributed by atoms with Gasteiger partial charge in [-0.15, -0.1) is 0 Å². The third-order valence-electron chi connectivity index (χ3n) is 4.32. The lowest BCUT2D eigenvalue weighted by molar-refractivity contribution is 0.960. The minimum absolute atomic E-state index is 0.213. The minimum atomic E-state index is -0.213. The first-order valence-corrected chi connectivity index (χ1v) is 9.78. The summed E-state index contributed by atoms with van der Waals surface area (Å²) in [6.07, 6.45) is 0. The van der Waals surface area contributed by atoms with Gasteiger partial charge in [0.05, 0.1) is 11.0 Å². The van der Waals surface area contributed by atoms with E-state index in [9.17, 15) is 0 Å². The number of rotatable bonds is 4. The molecular formula is C20H25N2P. The Morgan fingerprint density at radius 2 is 1.48 bits per heavy atom. The van der Waals surface area contributed by atoms with Gasteiger partial charge < -0.3 is 4.57 Å². The summed E-state index contributed by atoms with van der Waals surface area (Å²) in [6.45, 7) is 9.38. The highest BCUT2D eigenvalue weighted by molar-refractivity contribution is 7.67. The van der Waals surface area contributed by atoms with Gasteiger partial charge in [0.25, 0.3) is 0 Å². The Labute approximate surface area is 140 Å². The van der Waals surface area contributed by atoms with E-state index >= 15 is 0 Å². The van der Waals surface area contributed by atoms with Gasteiger partial charge in [0, 0.05) is 12.6 Å². The lowest BCUT2D eigenvalue weighted by atomic mass is 10.2. The molecule has 0 saturated heterocycles. The van der Waals surface area contributed by atoms with Crippen LogP contribution in [0, 0.1) is 0 Å². The molecule has 2 aromatic carbocycles. The summed E-state index contributed by atoms with van der Waals surface area (Å²) < 4.78 is 2.22. The maximum Gasteiger partial charge on any atom is 0.141 e. The highest BCUT2D eigenvalue weighted by Crippen LogP contribution is 2.47. The van der Waals surface area contributed by atoms with Crippen LogP contribution in [-0.2, 0) is 7.05 Å². The SMILES string of the molecule is CC(C)P(c1ccccc1-c1nc2ccccc2n1C)C(C)C. The highest BCUT2D eigenvalue weighted by Gasteiger charge is 2.23. The van der Waals surface area contributed by atoms with Gasteiger partial charge >= 0.3 is 0 Å². The third kappa shape index (κ3) is 2.93. The van der Waals surface area contributed by atoms with Gasteiger partial charge in [0.15, 0.2) is 0 Å². The number of benzene rings is 2. The fourth-order valence-corrected chi connectivity index (χ4v) is 6.44. The Morgan fingerprint density at radius 3 is 2.13 bits per heavy atom. The number of aryl methyl sites for hydroxylation is 1. The second-order valence-corrected chi connectivity index (χ2v) is 9.96. The molecule has 1 heterocycles. The largest absolute Gasteiger partial charge is 0.327 e. The van der Waals surface area contributed by atoms with Crippen LogP contribution in [-0.4, -0.2) is 20.9 Å². The second-order valence-electron chi connectivity index (χ2n) is 6.60. The first-order valence-electron chi connectivity index (χ1n) is 8.30. The summed E-state index contributed by atoms with van der Waals surface area (Å²) in [4.78, 5) is 4.92. The van der Waals surface area contributed by atoms with Crippen LogP contribution in [0.3, 0.4) is 0 Å². The number of hydrogen-bond donors (Lipinski definition) is 0. The van der Waals surface area contributed by atoms with Crippen molar-refractivity contribution < 1.29 is 0 Å². The van der Waals surface area contributed by atoms with Gasteiger partial charge in [0.1, 0.15) is 5.82 Å². The molecule has 3 rings (SSSR count). The molecule has 0 radical (unpaired) electrons. The van der Waals surface area contributed by atoms with E-state index in [1.807, 2.05) is 0 Å². The number of nitrogens with zero attached hydrogens (tertiary/aromatic N) is 2. The lowest BCUT2D eigenvalue weighted by Crippen LogP contribution is -2.18. The van der Waals surface area contributed by atoms with Crippen molar-refractivity contribution in [2.24, 2.45) is 7.05 Å². The number of para-hydroxylation sites is 2. The highest BCUT2D eigenvalue weighted by atomic mass is 31.1. The second kappa shape index (κ2) is 6.45. The smallest absolute Gasteiger partial charge is 0.141 e. The van der Waals surface area contributed by atoms with E-state index in [-0.39, 0.29) is 7.92 Å². The van der Waals surface area contributed by atoms with Crippen LogP contribution in [0.15, 0.2) is 48.5 Å². The molecule has 23 heavy (non-hydrogen) atoms. The molecule has 0 unspecified atom stereocenters. The van der Waals surface area contributed by atoms with Crippen molar-refractivity contribution in [2.45, 2.75) is 39.0 Å². The molecule has 0 amide bonds. The van der Waals surface area contributed by atoms with Crippen molar-refractivity contribution in [1.29, 1.82) is 0 Å². The first kappa shape index (κ1) is 16.2. The quantitative estimate of drug-likeness (QED) is 0.606. The Morgan fingerprint density at radius 1 is 0.870 bits per heavy atom. The molecule has 0 aliphatic carbocycles. The summed E-state index contributed by atoms with van der Waals surface area (Å²) in [5.41, 5.74) is 4.88. The topological polar surface area (TPSA) is 17.8 Å². The van der Waals surface area contributed by atoms with Crippen LogP contribution in [0.4, 0.5) is 0 Å². The number of fused-ring (bicyclic) bond motifs is 1. The molecule has 1 aromatic heterocycles. The van der Waals surface area contributed by atoms with Crippen molar-refractivity contribution in [3.05, 3.63) is 48.5 Å². The van der Waals surface area contributed by atoms with Crippen LogP contribution in [0.25, 0.3) is 22.4 Å². The van der Waals surface area contributed by atoms with Crippen LogP contribution < -0.4 is 5.30 Å².